The van der Waals surface area contributed by atoms with Crippen LogP contribution in [0.2, 0.25) is 0 Å². The van der Waals surface area contributed by atoms with Gasteiger partial charge in [0.15, 0.2) is 0 Å². The van der Waals surface area contributed by atoms with E-state index in [1.165, 1.54) is 0 Å². The molecular weight excluding hydrogens is 326 g/mol. The maximum absolute atomic E-state index is 12.2. The normalized spacial score (nSPS) is 21.2. The molecule has 2 aromatic rings. The van der Waals surface area contributed by atoms with Crippen LogP contribution in [0, 0.1) is 17.2 Å². The maximum Gasteiger partial charge on any atom is 0.237 e. The van der Waals surface area contributed by atoms with Gasteiger partial charge in [0.2, 0.25) is 5.91 Å². The molecule has 136 valence electrons. The van der Waals surface area contributed by atoms with Crippen LogP contribution in [0.4, 0.5) is 5.69 Å². The SMILES string of the molecule is CNC(C)C(=O)NC1CC(C)CN(c2ccc(C#N)c3ncccc23)C1. The standard InChI is InChI=1S/C20H25N5O/c1-13-9-16(24-20(26)14(2)22-3)12-25(11-13)18-7-6-15(10-21)19-17(18)5-4-8-23-19/h4-8,13-14,16,22H,9,11-12H2,1-3H3,(H,24,26). The summed E-state index contributed by atoms with van der Waals surface area (Å²) < 4.78 is 0. The number of piperidine rings is 1. The fourth-order valence-corrected chi connectivity index (χ4v) is 3.63. The summed E-state index contributed by atoms with van der Waals surface area (Å²) in [6, 6.07) is 9.85. The topological polar surface area (TPSA) is 81.0 Å². The molecule has 1 amide bonds. The van der Waals surface area contributed by atoms with Gasteiger partial charge in [-0.15, -0.1) is 0 Å². The van der Waals surface area contributed by atoms with Gasteiger partial charge in [-0.3, -0.25) is 9.78 Å². The van der Waals surface area contributed by atoms with Gasteiger partial charge in [0.1, 0.15) is 6.07 Å². The van der Waals surface area contributed by atoms with Gasteiger partial charge in [-0.05, 0) is 50.6 Å². The van der Waals surface area contributed by atoms with Crippen molar-refractivity contribution in [2.75, 3.05) is 25.0 Å². The zero-order valence-corrected chi connectivity index (χ0v) is 15.5. The quantitative estimate of drug-likeness (QED) is 0.881. The first kappa shape index (κ1) is 18.2. The van der Waals surface area contributed by atoms with Gasteiger partial charge in [0.05, 0.1) is 17.1 Å². The Morgan fingerprint density at radius 1 is 1.38 bits per heavy atom. The molecule has 2 heterocycles. The number of anilines is 1. The Balaban J connectivity index is 1.88. The van der Waals surface area contributed by atoms with E-state index in [-0.39, 0.29) is 18.0 Å². The van der Waals surface area contributed by atoms with Crippen LogP contribution in [0.3, 0.4) is 0 Å². The van der Waals surface area contributed by atoms with E-state index >= 15 is 0 Å². The van der Waals surface area contributed by atoms with Gasteiger partial charge >= 0.3 is 0 Å². The maximum atomic E-state index is 12.2. The summed E-state index contributed by atoms with van der Waals surface area (Å²) in [7, 11) is 1.79. The number of likely N-dealkylation sites (N-methyl/N-ethyl adjacent to an activating group) is 1. The van der Waals surface area contributed by atoms with Gasteiger partial charge in [-0.25, -0.2) is 0 Å². The average Bonchev–Trinajstić information content (AvgIpc) is 2.65. The molecule has 1 aromatic carbocycles. The molecule has 1 aromatic heterocycles. The average molecular weight is 351 g/mol. The highest BCUT2D eigenvalue weighted by atomic mass is 16.2. The number of hydrogen-bond acceptors (Lipinski definition) is 5. The second kappa shape index (κ2) is 7.71. The van der Waals surface area contributed by atoms with Crippen LogP contribution < -0.4 is 15.5 Å². The summed E-state index contributed by atoms with van der Waals surface area (Å²) in [5.41, 5.74) is 2.39. The van der Waals surface area contributed by atoms with E-state index in [0.717, 1.165) is 36.1 Å². The predicted molar refractivity (Wildman–Crippen MR) is 103 cm³/mol. The van der Waals surface area contributed by atoms with Gasteiger partial charge in [-0.1, -0.05) is 6.92 Å². The summed E-state index contributed by atoms with van der Waals surface area (Å²) in [4.78, 5) is 19.0. The number of nitrogens with zero attached hydrogens (tertiary/aromatic N) is 3. The number of nitriles is 1. The van der Waals surface area contributed by atoms with Crippen molar-refractivity contribution in [3.05, 3.63) is 36.0 Å². The van der Waals surface area contributed by atoms with Crippen molar-refractivity contribution >= 4 is 22.5 Å². The summed E-state index contributed by atoms with van der Waals surface area (Å²) in [5, 5.41) is 16.5. The highest BCUT2D eigenvalue weighted by Gasteiger charge is 2.28. The van der Waals surface area contributed by atoms with Crippen molar-refractivity contribution in [3.63, 3.8) is 0 Å². The number of aromatic nitrogens is 1. The van der Waals surface area contributed by atoms with Gasteiger partial charge in [0.25, 0.3) is 0 Å². The van der Waals surface area contributed by atoms with Crippen molar-refractivity contribution in [1.29, 1.82) is 5.26 Å². The Hall–Kier alpha value is -2.65. The highest BCUT2D eigenvalue weighted by Crippen LogP contribution is 2.31. The third kappa shape index (κ3) is 3.63. The molecule has 0 bridgehead atoms. The van der Waals surface area contributed by atoms with E-state index in [1.54, 1.807) is 13.2 Å². The minimum Gasteiger partial charge on any atom is -0.369 e. The van der Waals surface area contributed by atoms with Crippen molar-refractivity contribution in [2.24, 2.45) is 5.92 Å². The van der Waals surface area contributed by atoms with Crippen LogP contribution in [0.5, 0.6) is 0 Å². The largest absolute Gasteiger partial charge is 0.369 e. The first-order valence-corrected chi connectivity index (χ1v) is 9.04. The second-order valence-electron chi connectivity index (χ2n) is 7.11. The second-order valence-corrected chi connectivity index (χ2v) is 7.11. The Morgan fingerprint density at radius 2 is 2.19 bits per heavy atom. The third-order valence-electron chi connectivity index (χ3n) is 5.04. The van der Waals surface area contributed by atoms with Crippen molar-refractivity contribution in [1.82, 2.24) is 15.6 Å². The number of amides is 1. The van der Waals surface area contributed by atoms with E-state index in [1.807, 2.05) is 31.2 Å². The molecular formula is C20H25N5O. The molecule has 0 saturated carbocycles. The Labute approximate surface area is 154 Å². The van der Waals surface area contributed by atoms with Gasteiger partial charge < -0.3 is 15.5 Å². The van der Waals surface area contributed by atoms with Crippen molar-refractivity contribution in [3.8, 4) is 6.07 Å². The lowest BCUT2D eigenvalue weighted by atomic mass is 9.94. The number of carbonyl (C=O) groups is 1. The molecule has 1 fully saturated rings. The fraction of sp³-hybridized carbons (Fsp3) is 0.450. The summed E-state index contributed by atoms with van der Waals surface area (Å²) in [5.74, 6) is 0.485. The number of fused-ring (bicyclic) bond motifs is 1. The molecule has 0 spiro atoms. The number of rotatable bonds is 4. The zero-order chi connectivity index (χ0) is 18.7. The van der Waals surface area contributed by atoms with Crippen LogP contribution in [-0.4, -0.2) is 43.1 Å². The number of carbonyl (C=O) groups excluding carboxylic acids is 1. The van der Waals surface area contributed by atoms with E-state index in [9.17, 15) is 10.1 Å². The molecule has 1 saturated heterocycles. The first-order chi connectivity index (χ1) is 12.5. The third-order valence-corrected chi connectivity index (χ3v) is 5.04. The molecule has 0 aliphatic carbocycles. The Bertz CT molecular complexity index is 844. The van der Waals surface area contributed by atoms with Crippen molar-refractivity contribution < 1.29 is 4.79 Å². The van der Waals surface area contributed by atoms with Crippen LogP contribution in [-0.2, 0) is 4.79 Å². The van der Waals surface area contributed by atoms with Crippen LogP contribution in [0.1, 0.15) is 25.8 Å². The molecule has 6 heteroatoms. The van der Waals surface area contributed by atoms with Crippen LogP contribution in [0.15, 0.2) is 30.5 Å². The molecule has 3 unspecified atom stereocenters. The number of benzene rings is 1. The molecule has 3 atom stereocenters. The zero-order valence-electron chi connectivity index (χ0n) is 15.5. The van der Waals surface area contributed by atoms with Gasteiger partial charge in [0, 0.05) is 36.4 Å². The molecule has 2 N–H and O–H groups in total. The number of pyridine rings is 1. The molecule has 26 heavy (non-hydrogen) atoms. The lowest BCUT2D eigenvalue weighted by Crippen LogP contribution is -2.53. The lowest BCUT2D eigenvalue weighted by molar-refractivity contribution is -0.123. The van der Waals surface area contributed by atoms with Crippen LogP contribution in [0.25, 0.3) is 10.9 Å². The van der Waals surface area contributed by atoms with E-state index in [4.69, 9.17) is 0 Å². The molecule has 1 aliphatic heterocycles. The molecule has 3 rings (SSSR count). The molecule has 0 radical (unpaired) electrons. The monoisotopic (exact) mass is 351 g/mol. The van der Waals surface area contributed by atoms with E-state index < -0.39 is 0 Å². The van der Waals surface area contributed by atoms with E-state index in [2.05, 4.69) is 33.5 Å². The lowest BCUT2D eigenvalue weighted by Gasteiger charge is -2.39. The summed E-state index contributed by atoms with van der Waals surface area (Å²) in [6.07, 6.45) is 2.68. The Morgan fingerprint density at radius 3 is 2.92 bits per heavy atom. The highest BCUT2D eigenvalue weighted by molar-refractivity contribution is 5.95. The van der Waals surface area contributed by atoms with E-state index in [0.29, 0.717) is 11.5 Å². The number of nitrogens with one attached hydrogen (secondary N) is 2. The fourth-order valence-electron chi connectivity index (χ4n) is 3.63. The minimum absolute atomic E-state index is 0.0258. The molecule has 6 nitrogen and oxygen atoms in total. The van der Waals surface area contributed by atoms with Crippen molar-refractivity contribution in [2.45, 2.75) is 32.4 Å². The summed E-state index contributed by atoms with van der Waals surface area (Å²) in [6.45, 7) is 5.74. The predicted octanol–water partition coefficient (Wildman–Crippen LogP) is 2.05. The minimum atomic E-state index is -0.208. The smallest absolute Gasteiger partial charge is 0.237 e. The number of hydrogen-bond donors (Lipinski definition) is 2. The van der Waals surface area contributed by atoms with Gasteiger partial charge in [-0.2, -0.15) is 5.26 Å². The molecule has 1 aliphatic rings. The van der Waals surface area contributed by atoms with Crippen LogP contribution >= 0.6 is 0 Å². The summed E-state index contributed by atoms with van der Waals surface area (Å²) >= 11 is 0. The first-order valence-electron chi connectivity index (χ1n) is 9.04. The Kier molecular flexibility index (Phi) is 5.38.